The molecule has 1 aliphatic carbocycles. The Morgan fingerprint density at radius 3 is 1.70 bits per heavy atom. The lowest BCUT2D eigenvalue weighted by molar-refractivity contribution is 0.660. The summed E-state index contributed by atoms with van der Waals surface area (Å²) >= 11 is 1.87. The lowest BCUT2D eigenvalue weighted by atomic mass is 9.82. The van der Waals surface area contributed by atoms with Gasteiger partial charge in [0.05, 0.1) is 11.4 Å². The van der Waals surface area contributed by atoms with Crippen molar-refractivity contribution in [1.82, 2.24) is 0 Å². The van der Waals surface area contributed by atoms with Crippen molar-refractivity contribution in [3.8, 4) is 44.5 Å². The molecule has 0 N–H and O–H groups in total. The van der Waals surface area contributed by atoms with Crippen LogP contribution in [0.15, 0.2) is 188 Å². The third kappa shape index (κ3) is 5.13. The van der Waals surface area contributed by atoms with Crippen LogP contribution in [0.2, 0.25) is 0 Å². The number of hydrogen-bond donors (Lipinski definition) is 0. The van der Waals surface area contributed by atoms with Crippen LogP contribution in [0.3, 0.4) is 0 Å². The van der Waals surface area contributed by atoms with Gasteiger partial charge < -0.3 is 4.90 Å². The molecule has 0 saturated carbocycles. The molecule has 8 aromatic carbocycles. The summed E-state index contributed by atoms with van der Waals surface area (Å²) in [4.78, 5) is 2.49. The van der Waals surface area contributed by atoms with E-state index < -0.39 is 0 Å². The molecule has 0 aliphatic heterocycles. The molecule has 1 nitrogen and oxygen atoms in total. The quantitative estimate of drug-likeness (QED) is 0.167. The Hall–Kier alpha value is -6.22. The summed E-state index contributed by atoms with van der Waals surface area (Å²) in [6.07, 6.45) is 0. The fraction of sp³-hybridized carbons (Fsp3) is 0.0588. The van der Waals surface area contributed by atoms with Gasteiger partial charge in [0, 0.05) is 36.8 Å². The first-order valence-corrected chi connectivity index (χ1v) is 19.2. The molecule has 2 heteroatoms. The van der Waals surface area contributed by atoms with E-state index in [0.29, 0.717) is 0 Å². The second-order valence-electron chi connectivity index (χ2n) is 14.5. The van der Waals surface area contributed by atoms with Gasteiger partial charge in [0.15, 0.2) is 0 Å². The summed E-state index contributed by atoms with van der Waals surface area (Å²) in [5.41, 5.74) is 16.2. The van der Waals surface area contributed by atoms with Crippen LogP contribution >= 0.6 is 11.3 Å². The van der Waals surface area contributed by atoms with E-state index in [1.807, 2.05) is 11.3 Å². The standard InChI is InChI=1S/C51H37NS/c1-51(2)43-20-9-6-17-41(43)49-40(19-12-21-44(49)51)39-16-7-10-22-45(39)52(46-23-13-25-48-50(46)42-18-8-11-24-47(42)53-48)38-32-30-37(31-33-38)36-28-26-35(27-29-36)34-14-4-3-5-15-34/h3-33H,1-2H3. The van der Waals surface area contributed by atoms with Crippen molar-refractivity contribution < 1.29 is 0 Å². The topological polar surface area (TPSA) is 3.24 Å². The smallest absolute Gasteiger partial charge is 0.0555 e. The van der Waals surface area contributed by atoms with Crippen molar-refractivity contribution in [3.63, 3.8) is 0 Å². The maximum Gasteiger partial charge on any atom is 0.0555 e. The first-order valence-electron chi connectivity index (χ1n) is 18.4. The highest BCUT2D eigenvalue weighted by Gasteiger charge is 2.37. The van der Waals surface area contributed by atoms with Crippen LogP contribution in [-0.2, 0) is 5.41 Å². The molecular formula is C51H37NS. The maximum absolute atomic E-state index is 2.49. The molecular weight excluding hydrogens is 659 g/mol. The van der Waals surface area contributed by atoms with Gasteiger partial charge in [0.1, 0.15) is 0 Å². The SMILES string of the molecule is CC1(C)c2ccccc2-c2c(-c3ccccc3N(c3ccc(-c4ccc(-c5ccccc5)cc4)cc3)c3cccc4sc5ccccc5c34)cccc21. The third-order valence-electron chi connectivity index (χ3n) is 11.1. The molecule has 1 aliphatic rings. The Labute approximate surface area is 315 Å². The van der Waals surface area contributed by atoms with Crippen LogP contribution in [0.5, 0.6) is 0 Å². The molecule has 1 heterocycles. The predicted octanol–water partition coefficient (Wildman–Crippen LogP) is 14.8. The minimum atomic E-state index is -0.0765. The van der Waals surface area contributed by atoms with Gasteiger partial charge in [0.25, 0.3) is 0 Å². The van der Waals surface area contributed by atoms with Crippen molar-refractivity contribution in [2.75, 3.05) is 4.90 Å². The Morgan fingerprint density at radius 2 is 0.925 bits per heavy atom. The van der Waals surface area contributed by atoms with E-state index in [1.165, 1.54) is 81.5 Å². The van der Waals surface area contributed by atoms with Crippen LogP contribution in [0.25, 0.3) is 64.7 Å². The zero-order valence-electron chi connectivity index (χ0n) is 29.8. The lowest BCUT2D eigenvalue weighted by Crippen LogP contribution is -2.15. The molecule has 0 atom stereocenters. The van der Waals surface area contributed by atoms with Gasteiger partial charge in [-0.05, 0) is 86.5 Å². The third-order valence-corrected chi connectivity index (χ3v) is 12.3. The van der Waals surface area contributed by atoms with Gasteiger partial charge in [-0.3, -0.25) is 0 Å². The summed E-state index contributed by atoms with van der Waals surface area (Å²) in [7, 11) is 0. The number of hydrogen-bond acceptors (Lipinski definition) is 2. The number of rotatable bonds is 6. The number of anilines is 3. The van der Waals surface area contributed by atoms with E-state index in [4.69, 9.17) is 0 Å². The fourth-order valence-electron chi connectivity index (χ4n) is 8.51. The molecule has 1 aromatic heterocycles. The van der Waals surface area contributed by atoms with E-state index in [1.54, 1.807) is 0 Å². The Bertz CT molecular complexity index is 2790. The maximum atomic E-state index is 2.49. The molecule has 0 radical (unpaired) electrons. The van der Waals surface area contributed by atoms with Crippen LogP contribution in [0.4, 0.5) is 17.1 Å². The number of para-hydroxylation sites is 1. The average Bonchev–Trinajstić information content (AvgIpc) is 3.72. The van der Waals surface area contributed by atoms with E-state index >= 15 is 0 Å². The molecule has 0 saturated heterocycles. The Balaban J connectivity index is 1.16. The molecule has 0 amide bonds. The number of fused-ring (bicyclic) bond motifs is 6. The molecule has 0 fully saturated rings. The van der Waals surface area contributed by atoms with Gasteiger partial charge in [-0.25, -0.2) is 0 Å². The lowest BCUT2D eigenvalue weighted by Gasteiger charge is -2.29. The monoisotopic (exact) mass is 695 g/mol. The normalized spacial score (nSPS) is 12.9. The molecule has 0 spiro atoms. The van der Waals surface area contributed by atoms with Crippen LogP contribution in [0.1, 0.15) is 25.0 Å². The molecule has 9 aromatic rings. The van der Waals surface area contributed by atoms with Crippen LogP contribution < -0.4 is 4.90 Å². The van der Waals surface area contributed by atoms with Crippen molar-refractivity contribution in [2.45, 2.75) is 19.3 Å². The number of nitrogens with zero attached hydrogens (tertiary/aromatic N) is 1. The van der Waals surface area contributed by atoms with Gasteiger partial charge in [-0.15, -0.1) is 11.3 Å². The number of thiophene rings is 1. The summed E-state index contributed by atoms with van der Waals surface area (Å²) in [6.45, 7) is 4.72. The molecule has 53 heavy (non-hydrogen) atoms. The highest BCUT2D eigenvalue weighted by atomic mass is 32.1. The molecule has 0 unspecified atom stereocenters. The van der Waals surface area contributed by atoms with Crippen molar-refractivity contribution in [3.05, 3.63) is 199 Å². The molecule has 252 valence electrons. The van der Waals surface area contributed by atoms with Crippen molar-refractivity contribution in [1.29, 1.82) is 0 Å². The minimum Gasteiger partial charge on any atom is -0.309 e. The van der Waals surface area contributed by atoms with E-state index in [2.05, 4.69) is 207 Å². The van der Waals surface area contributed by atoms with E-state index in [-0.39, 0.29) is 5.41 Å². The van der Waals surface area contributed by atoms with Gasteiger partial charge in [-0.2, -0.15) is 0 Å². The molecule has 10 rings (SSSR count). The second kappa shape index (κ2) is 12.5. The van der Waals surface area contributed by atoms with E-state index in [9.17, 15) is 0 Å². The van der Waals surface area contributed by atoms with Crippen molar-refractivity contribution >= 4 is 48.6 Å². The van der Waals surface area contributed by atoms with E-state index in [0.717, 1.165) is 11.4 Å². The zero-order valence-corrected chi connectivity index (χ0v) is 30.6. The predicted molar refractivity (Wildman–Crippen MR) is 228 cm³/mol. The van der Waals surface area contributed by atoms with Gasteiger partial charge in [-0.1, -0.05) is 166 Å². The summed E-state index contributed by atoms with van der Waals surface area (Å²) < 4.78 is 2.59. The van der Waals surface area contributed by atoms with Crippen LogP contribution in [0, 0.1) is 0 Å². The first-order chi connectivity index (χ1) is 26.1. The Morgan fingerprint density at radius 1 is 0.396 bits per heavy atom. The average molecular weight is 696 g/mol. The highest BCUT2D eigenvalue weighted by Crippen LogP contribution is 2.54. The van der Waals surface area contributed by atoms with Gasteiger partial charge in [0.2, 0.25) is 0 Å². The second-order valence-corrected chi connectivity index (χ2v) is 15.6. The summed E-state index contributed by atoms with van der Waals surface area (Å²) in [6, 6.07) is 69.0. The van der Waals surface area contributed by atoms with Crippen molar-refractivity contribution in [2.24, 2.45) is 0 Å². The molecule has 0 bridgehead atoms. The summed E-state index contributed by atoms with van der Waals surface area (Å²) in [5, 5.41) is 2.57. The highest BCUT2D eigenvalue weighted by molar-refractivity contribution is 7.26. The first kappa shape index (κ1) is 31.5. The fourth-order valence-corrected chi connectivity index (χ4v) is 9.64. The minimum absolute atomic E-state index is 0.0765. The van der Waals surface area contributed by atoms with Gasteiger partial charge >= 0.3 is 0 Å². The zero-order chi connectivity index (χ0) is 35.5. The largest absolute Gasteiger partial charge is 0.309 e. The number of benzene rings is 8. The Kier molecular flexibility index (Phi) is 7.42. The summed E-state index contributed by atoms with van der Waals surface area (Å²) in [5.74, 6) is 0. The van der Waals surface area contributed by atoms with Crippen LogP contribution in [-0.4, -0.2) is 0 Å².